The van der Waals surface area contributed by atoms with Crippen LogP contribution in [0, 0.1) is 34.6 Å². The Morgan fingerprint density at radius 3 is 2.12 bits per heavy atom. The highest BCUT2D eigenvalue weighted by Crippen LogP contribution is 2.33. The van der Waals surface area contributed by atoms with E-state index in [-0.39, 0.29) is 12.6 Å². The van der Waals surface area contributed by atoms with Crippen LogP contribution in [0.5, 0.6) is 11.5 Å². The molecule has 3 nitrogen and oxygen atoms in total. The molecule has 0 aliphatic carbocycles. The lowest BCUT2D eigenvalue weighted by Crippen LogP contribution is -2.07. The Hall–Kier alpha value is -2.55. The van der Waals surface area contributed by atoms with Gasteiger partial charge in [-0.15, -0.1) is 0 Å². The van der Waals surface area contributed by atoms with Crippen molar-refractivity contribution in [3.8, 4) is 11.5 Å². The van der Waals surface area contributed by atoms with Gasteiger partial charge in [-0.25, -0.2) is 0 Å². The lowest BCUT2D eigenvalue weighted by atomic mass is 9.87. The van der Waals surface area contributed by atoms with E-state index in [0.29, 0.717) is 0 Å². The predicted octanol–water partition coefficient (Wildman–Crippen LogP) is 4.85. The Morgan fingerprint density at radius 1 is 0.875 bits per heavy atom. The molecule has 3 rings (SSSR count). The molecule has 2 aromatic carbocycles. The number of allylic oxidation sites excluding steroid dienone is 1. The maximum atomic E-state index is 12.8. The van der Waals surface area contributed by atoms with Gasteiger partial charge in [-0.05, 0) is 86.2 Å². The molecule has 0 amide bonds. The highest BCUT2D eigenvalue weighted by molar-refractivity contribution is 6.09. The maximum Gasteiger partial charge on any atom is 0.231 e. The van der Waals surface area contributed by atoms with E-state index >= 15 is 0 Å². The largest absolute Gasteiger partial charge is 0.454 e. The Morgan fingerprint density at radius 2 is 1.46 bits per heavy atom. The van der Waals surface area contributed by atoms with Crippen molar-refractivity contribution in [2.24, 2.45) is 0 Å². The molecule has 0 unspecified atom stereocenters. The van der Waals surface area contributed by atoms with Crippen molar-refractivity contribution >= 4 is 11.9 Å². The average Bonchev–Trinajstić information content (AvgIpc) is 3.04. The van der Waals surface area contributed by atoms with Gasteiger partial charge in [-0.3, -0.25) is 4.79 Å². The fourth-order valence-corrected chi connectivity index (χ4v) is 3.14. The molecular formula is C21H22O3. The summed E-state index contributed by atoms with van der Waals surface area (Å²) in [6.07, 6.45) is 3.47. The number of benzene rings is 2. The molecule has 2 aromatic rings. The summed E-state index contributed by atoms with van der Waals surface area (Å²) in [7, 11) is 0. The van der Waals surface area contributed by atoms with Crippen molar-refractivity contribution < 1.29 is 14.3 Å². The van der Waals surface area contributed by atoms with E-state index in [2.05, 4.69) is 20.8 Å². The molecule has 1 aliphatic rings. The number of carbonyl (C=O) groups excluding carboxylic acids is 1. The van der Waals surface area contributed by atoms with Crippen molar-refractivity contribution in [2.75, 3.05) is 6.79 Å². The third-order valence-corrected chi connectivity index (χ3v) is 5.07. The van der Waals surface area contributed by atoms with Crippen molar-refractivity contribution in [3.05, 3.63) is 63.2 Å². The van der Waals surface area contributed by atoms with Crippen LogP contribution in [0.15, 0.2) is 24.3 Å². The second-order valence-electron chi connectivity index (χ2n) is 6.31. The lowest BCUT2D eigenvalue weighted by molar-refractivity contribution is 0.104. The summed E-state index contributed by atoms with van der Waals surface area (Å²) in [4.78, 5) is 12.8. The Bertz CT molecular complexity index is 831. The van der Waals surface area contributed by atoms with Crippen LogP contribution in [-0.4, -0.2) is 12.6 Å². The lowest BCUT2D eigenvalue weighted by Gasteiger charge is -2.16. The molecule has 0 radical (unpaired) electrons. The molecular weight excluding hydrogens is 300 g/mol. The summed E-state index contributed by atoms with van der Waals surface area (Å²) >= 11 is 0. The van der Waals surface area contributed by atoms with Gasteiger partial charge in [0.25, 0.3) is 0 Å². The van der Waals surface area contributed by atoms with Crippen LogP contribution in [-0.2, 0) is 0 Å². The third kappa shape index (κ3) is 2.71. The van der Waals surface area contributed by atoms with Gasteiger partial charge in [-0.2, -0.15) is 0 Å². The first-order valence-electron chi connectivity index (χ1n) is 8.09. The number of ether oxygens (including phenoxy) is 2. The highest BCUT2D eigenvalue weighted by atomic mass is 16.7. The molecule has 1 aliphatic heterocycles. The van der Waals surface area contributed by atoms with Crippen LogP contribution < -0.4 is 9.47 Å². The Kier molecular flexibility index (Phi) is 4.18. The van der Waals surface area contributed by atoms with Gasteiger partial charge in [0.2, 0.25) is 6.79 Å². The second-order valence-corrected chi connectivity index (χ2v) is 6.31. The molecule has 124 valence electrons. The SMILES string of the molecule is Cc1c(C)c(C)c(C(=O)C=Cc2ccc3c(c2)OCO3)c(C)c1C. The van der Waals surface area contributed by atoms with Crippen LogP contribution >= 0.6 is 0 Å². The minimum absolute atomic E-state index is 0.0360. The molecule has 1 heterocycles. The summed E-state index contributed by atoms with van der Waals surface area (Å²) in [6.45, 7) is 10.6. The van der Waals surface area contributed by atoms with Crippen molar-refractivity contribution in [1.82, 2.24) is 0 Å². The standard InChI is InChI=1S/C21H22O3/c1-12-13(2)15(4)21(16(5)14(12)3)18(22)8-6-17-7-9-19-20(10-17)24-11-23-19/h6-10H,11H2,1-5H3. The van der Waals surface area contributed by atoms with E-state index in [9.17, 15) is 4.79 Å². The molecule has 0 bridgehead atoms. The van der Waals surface area contributed by atoms with Crippen LogP contribution in [0.2, 0.25) is 0 Å². The van der Waals surface area contributed by atoms with Crippen molar-refractivity contribution in [1.29, 1.82) is 0 Å². The normalized spacial score (nSPS) is 12.9. The van der Waals surface area contributed by atoms with Gasteiger partial charge in [0.15, 0.2) is 17.3 Å². The minimum atomic E-state index is 0.0360. The van der Waals surface area contributed by atoms with Gasteiger partial charge in [0.1, 0.15) is 0 Å². The number of fused-ring (bicyclic) bond motifs is 1. The second kappa shape index (κ2) is 6.16. The number of carbonyl (C=O) groups is 1. The summed E-state index contributed by atoms with van der Waals surface area (Å²) in [5.41, 5.74) is 7.51. The molecule has 0 aromatic heterocycles. The number of ketones is 1. The molecule has 0 saturated heterocycles. The minimum Gasteiger partial charge on any atom is -0.454 e. The fraction of sp³-hybridized carbons (Fsp3) is 0.286. The summed E-state index contributed by atoms with van der Waals surface area (Å²) in [5.74, 6) is 1.50. The number of rotatable bonds is 3. The van der Waals surface area contributed by atoms with E-state index in [1.54, 1.807) is 6.08 Å². The summed E-state index contributed by atoms with van der Waals surface area (Å²) in [6, 6.07) is 5.67. The molecule has 0 fully saturated rings. The van der Waals surface area contributed by atoms with Crippen LogP contribution in [0.4, 0.5) is 0 Å². The maximum absolute atomic E-state index is 12.8. The zero-order valence-corrected chi connectivity index (χ0v) is 14.8. The van der Waals surface area contributed by atoms with Crippen LogP contribution in [0.3, 0.4) is 0 Å². The molecule has 3 heteroatoms. The predicted molar refractivity (Wildman–Crippen MR) is 96.1 cm³/mol. The molecule has 24 heavy (non-hydrogen) atoms. The zero-order chi connectivity index (χ0) is 17.4. The Labute approximate surface area is 142 Å². The Balaban J connectivity index is 1.93. The summed E-state index contributed by atoms with van der Waals surface area (Å²) in [5, 5.41) is 0. The van der Waals surface area contributed by atoms with Gasteiger partial charge in [0, 0.05) is 5.56 Å². The zero-order valence-electron chi connectivity index (χ0n) is 14.8. The average molecular weight is 322 g/mol. The van der Waals surface area contributed by atoms with Crippen LogP contribution in [0.25, 0.3) is 6.08 Å². The van der Waals surface area contributed by atoms with Crippen LogP contribution in [0.1, 0.15) is 43.7 Å². The van der Waals surface area contributed by atoms with Gasteiger partial charge in [0.05, 0.1) is 0 Å². The monoisotopic (exact) mass is 322 g/mol. The van der Waals surface area contributed by atoms with E-state index in [0.717, 1.165) is 33.8 Å². The van der Waals surface area contributed by atoms with Gasteiger partial charge in [-0.1, -0.05) is 12.1 Å². The quantitative estimate of drug-likeness (QED) is 0.598. The van der Waals surface area contributed by atoms with E-state index in [1.807, 2.05) is 38.1 Å². The van der Waals surface area contributed by atoms with Crippen molar-refractivity contribution in [3.63, 3.8) is 0 Å². The molecule has 0 atom stereocenters. The van der Waals surface area contributed by atoms with Gasteiger partial charge >= 0.3 is 0 Å². The van der Waals surface area contributed by atoms with E-state index in [1.165, 1.54) is 16.7 Å². The van der Waals surface area contributed by atoms with Gasteiger partial charge < -0.3 is 9.47 Å². The van der Waals surface area contributed by atoms with E-state index in [4.69, 9.17) is 9.47 Å². The molecule has 0 saturated carbocycles. The van der Waals surface area contributed by atoms with Crippen molar-refractivity contribution in [2.45, 2.75) is 34.6 Å². The number of hydrogen-bond donors (Lipinski definition) is 0. The third-order valence-electron chi connectivity index (χ3n) is 5.07. The topological polar surface area (TPSA) is 35.5 Å². The first-order valence-corrected chi connectivity index (χ1v) is 8.09. The molecule has 0 N–H and O–H groups in total. The highest BCUT2D eigenvalue weighted by Gasteiger charge is 2.17. The first-order chi connectivity index (χ1) is 11.4. The fourth-order valence-electron chi connectivity index (χ4n) is 3.14. The number of hydrogen-bond acceptors (Lipinski definition) is 3. The van der Waals surface area contributed by atoms with E-state index < -0.39 is 0 Å². The molecule has 0 spiro atoms. The summed E-state index contributed by atoms with van der Waals surface area (Å²) < 4.78 is 10.7. The first kappa shape index (κ1) is 16.3. The smallest absolute Gasteiger partial charge is 0.231 e.